The number of amides is 1. The number of aryl methyl sites for hydroxylation is 1. The predicted molar refractivity (Wildman–Crippen MR) is 175 cm³/mol. The second-order valence-electron chi connectivity index (χ2n) is 13.8. The summed E-state index contributed by atoms with van der Waals surface area (Å²) in [5.74, 6) is -3.01. The summed E-state index contributed by atoms with van der Waals surface area (Å²) in [5.41, 5.74) is 3.86. The number of hydrogen-bond acceptors (Lipinski definition) is 6. The number of benzene rings is 1. The summed E-state index contributed by atoms with van der Waals surface area (Å²) in [6, 6.07) is 6.63. The van der Waals surface area contributed by atoms with Gasteiger partial charge in [-0.25, -0.2) is 24.7 Å². The Hall–Kier alpha value is -4.35. The van der Waals surface area contributed by atoms with E-state index in [1.807, 2.05) is 23.1 Å². The molecule has 3 saturated heterocycles. The number of dihydropyridines is 1. The van der Waals surface area contributed by atoms with E-state index < -0.39 is 47.3 Å². The van der Waals surface area contributed by atoms with Crippen molar-refractivity contribution in [3.05, 3.63) is 88.0 Å². The standard InChI is InChI=1S/C37H39F3N6O2/c1-23(38)36(47)46-16-15-44(21-26(46)19-42-2)34-30-12-11-29(28-10-5-8-24-7-3-4-9-27(24)28)32(40)33(30)43-35(31(34)18-41)48-22-37-13-6-14-45(37)20-25(39)17-37/h5,8,10-12,25-26,30,33H,1,3-4,6-7,9,13-17,19-22H2/t25-,26+,30?,33?,37+/m1/s1. The summed E-state index contributed by atoms with van der Waals surface area (Å²) in [4.78, 5) is 26.3. The first-order valence-corrected chi connectivity index (χ1v) is 16.9. The lowest BCUT2D eigenvalue weighted by atomic mass is 9.79. The van der Waals surface area contributed by atoms with Crippen molar-refractivity contribution in [3.8, 4) is 6.07 Å². The van der Waals surface area contributed by atoms with Crippen molar-refractivity contribution >= 4 is 17.4 Å². The van der Waals surface area contributed by atoms with Gasteiger partial charge < -0.3 is 19.4 Å². The molecule has 1 aromatic rings. The lowest BCUT2D eigenvalue weighted by Crippen LogP contribution is -2.57. The van der Waals surface area contributed by atoms with Crippen LogP contribution in [0, 0.1) is 23.8 Å². The molecule has 2 aliphatic carbocycles. The molecule has 3 fully saturated rings. The number of alkyl halides is 1. The Balaban J connectivity index is 1.28. The molecule has 0 N–H and O–H groups in total. The fourth-order valence-electron chi connectivity index (χ4n) is 8.79. The normalized spacial score (nSPS) is 29.9. The van der Waals surface area contributed by atoms with Crippen LogP contribution in [-0.2, 0) is 22.4 Å². The summed E-state index contributed by atoms with van der Waals surface area (Å²) in [5, 5.41) is 10.6. The molecule has 1 aromatic carbocycles. The molecule has 0 spiro atoms. The molecular weight excluding hydrogens is 617 g/mol. The molecule has 11 heteroatoms. The van der Waals surface area contributed by atoms with Gasteiger partial charge in [0.15, 0.2) is 5.83 Å². The number of hydrogen-bond donors (Lipinski definition) is 0. The maximum atomic E-state index is 17.0. The van der Waals surface area contributed by atoms with Gasteiger partial charge in [-0.2, -0.15) is 5.26 Å². The first-order valence-electron chi connectivity index (χ1n) is 16.9. The van der Waals surface area contributed by atoms with Crippen molar-refractivity contribution in [2.45, 2.75) is 68.7 Å². The second kappa shape index (κ2) is 12.9. The average molecular weight is 657 g/mol. The van der Waals surface area contributed by atoms with Crippen molar-refractivity contribution in [3.63, 3.8) is 0 Å². The third-order valence-corrected chi connectivity index (χ3v) is 11.0. The van der Waals surface area contributed by atoms with E-state index in [2.05, 4.69) is 28.5 Å². The molecule has 7 rings (SSSR count). The Bertz CT molecular complexity index is 1740. The molecule has 4 heterocycles. The summed E-state index contributed by atoms with van der Waals surface area (Å²) in [6.45, 7) is 12.3. The van der Waals surface area contributed by atoms with Gasteiger partial charge in [0.2, 0.25) is 12.4 Å². The van der Waals surface area contributed by atoms with Crippen molar-refractivity contribution in [2.75, 3.05) is 45.9 Å². The van der Waals surface area contributed by atoms with Gasteiger partial charge in [0, 0.05) is 49.8 Å². The van der Waals surface area contributed by atoms with Crippen LogP contribution in [0.1, 0.15) is 48.8 Å². The number of nitriles is 1. The smallest absolute Gasteiger partial charge is 0.282 e. The molecule has 8 nitrogen and oxygen atoms in total. The fourth-order valence-corrected chi connectivity index (χ4v) is 8.79. The van der Waals surface area contributed by atoms with Crippen LogP contribution in [0.15, 0.2) is 64.8 Å². The first-order chi connectivity index (χ1) is 23.2. The summed E-state index contributed by atoms with van der Waals surface area (Å²) in [6.07, 6.45) is 8.70. The Morgan fingerprint density at radius 3 is 2.83 bits per heavy atom. The SMILES string of the molecule is [C-]#[N+]C[C@H]1CN(C2=C(C#N)C(OC[C@@]34CCCN3C[C@H](F)C4)=NC3C(F)=C(c4cccc5c4CCCC5)C=CC23)CCN1C(=O)C(=C)F. The number of rotatable bonds is 6. The average Bonchev–Trinajstić information content (AvgIpc) is 3.62. The lowest BCUT2D eigenvalue weighted by Gasteiger charge is -2.45. The van der Waals surface area contributed by atoms with Crippen molar-refractivity contribution in [2.24, 2.45) is 10.9 Å². The van der Waals surface area contributed by atoms with E-state index in [0.29, 0.717) is 24.2 Å². The highest BCUT2D eigenvalue weighted by Gasteiger charge is 2.50. The highest BCUT2D eigenvalue weighted by Crippen LogP contribution is 2.45. The van der Waals surface area contributed by atoms with Crippen molar-refractivity contribution < 1.29 is 22.7 Å². The van der Waals surface area contributed by atoms with Gasteiger partial charge in [0.1, 0.15) is 42.3 Å². The molecule has 5 atom stereocenters. The lowest BCUT2D eigenvalue weighted by molar-refractivity contribution is -0.132. The van der Waals surface area contributed by atoms with Gasteiger partial charge in [-0.3, -0.25) is 9.69 Å². The van der Waals surface area contributed by atoms with Gasteiger partial charge in [-0.05, 0) is 61.8 Å². The van der Waals surface area contributed by atoms with Gasteiger partial charge >= 0.3 is 0 Å². The van der Waals surface area contributed by atoms with Gasteiger partial charge in [0.25, 0.3) is 5.91 Å². The van der Waals surface area contributed by atoms with Crippen LogP contribution >= 0.6 is 0 Å². The number of nitrogens with zero attached hydrogens (tertiary/aromatic N) is 6. The van der Waals surface area contributed by atoms with Crippen LogP contribution in [0.25, 0.3) is 10.4 Å². The summed E-state index contributed by atoms with van der Waals surface area (Å²) in [7, 11) is 0. The Morgan fingerprint density at radius 1 is 1.21 bits per heavy atom. The van der Waals surface area contributed by atoms with E-state index in [0.717, 1.165) is 56.2 Å². The molecule has 2 unspecified atom stereocenters. The topological polar surface area (TPSA) is 76.5 Å². The van der Waals surface area contributed by atoms with Crippen molar-refractivity contribution in [1.29, 1.82) is 5.26 Å². The van der Waals surface area contributed by atoms with E-state index in [-0.39, 0.29) is 44.3 Å². The summed E-state index contributed by atoms with van der Waals surface area (Å²) < 4.78 is 51.9. The largest absolute Gasteiger partial charge is 0.475 e. The third kappa shape index (κ3) is 5.52. The molecule has 4 aliphatic heterocycles. The summed E-state index contributed by atoms with van der Waals surface area (Å²) >= 11 is 0. The quantitative estimate of drug-likeness (QED) is 0.299. The molecule has 48 heavy (non-hydrogen) atoms. The van der Waals surface area contributed by atoms with Crippen molar-refractivity contribution in [1.82, 2.24) is 14.7 Å². The number of carbonyl (C=O) groups excluding carboxylic acids is 1. The van der Waals surface area contributed by atoms with E-state index in [9.17, 15) is 18.8 Å². The molecule has 0 bridgehead atoms. The highest BCUT2D eigenvalue weighted by molar-refractivity contribution is 6.00. The zero-order valence-corrected chi connectivity index (χ0v) is 26.9. The highest BCUT2D eigenvalue weighted by atomic mass is 19.1. The Morgan fingerprint density at radius 2 is 2.04 bits per heavy atom. The zero-order chi connectivity index (χ0) is 33.6. The van der Waals surface area contributed by atoms with Crippen LogP contribution in [0.5, 0.6) is 0 Å². The van der Waals surface area contributed by atoms with E-state index in [1.54, 1.807) is 6.08 Å². The zero-order valence-electron chi connectivity index (χ0n) is 26.9. The Kier molecular flexibility index (Phi) is 8.68. The van der Waals surface area contributed by atoms with Crippen LogP contribution < -0.4 is 0 Å². The number of ether oxygens (including phenoxy) is 1. The van der Waals surface area contributed by atoms with Crippen LogP contribution in [0.4, 0.5) is 13.2 Å². The predicted octanol–water partition coefficient (Wildman–Crippen LogP) is 5.50. The maximum absolute atomic E-state index is 17.0. The minimum Gasteiger partial charge on any atom is -0.475 e. The number of piperazine rings is 1. The molecular formula is C37H39F3N6O2. The number of carbonyl (C=O) groups is 1. The number of allylic oxidation sites excluding steroid dienone is 2. The van der Waals surface area contributed by atoms with Gasteiger partial charge in [0.05, 0.1) is 5.54 Å². The van der Waals surface area contributed by atoms with Gasteiger partial charge in [-0.1, -0.05) is 36.9 Å². The monoisotopic (exact) mass is 656 g/mol. The minimum absolute atomic E-state index is 0.0227. The number of fused-ring (bicyclic) bond motifs is 3. The number of aliphatic imine (C=N–C) groups is 1. The maximum Gasteiger partial charge on any atom is 0.282 e. The molecule has 250 valence electrons. The van der Waals surface area contributed by atoms with E-state index in [1.165, 1.54) is 10.5 Å². The molecule has 6 aliphatic rings. The fraction of sp³-hybridized carbons (Fsp3) is 0.514. The molecule has 1 amide bonds. The first kappa shape index (κ1) is 32.2. The van der Waals surface area contributed by atoms with Crippen LogP contribution in [0.3, 0.4) is 0 Å². The second-order valence-corrected chi connectivity index (χ2v) is 13.8. The van der Waals surface area contributed by atoms with E-state index >= 15 is 4.39 Å². The van der Waals surface area contributed by atoms with Gasteiger partial charge in [-0.15, -0.1) is 0 Å². The Labute approximate surface area is 279 Å². The van der Waals surface area contributed by atoms with Crippen LogP contribution in [0.2, 0.25) is 0 Å². The van der Waals surface area contributed by atoms with Crippen LogP contribution in [-0.4, -0.2) is 96.2 Å². The van der Waals surface area contributed by atoms with E-state index in [4.69, 9.17) is 16.3 Å². The molecule has 0 saturated carbocycles. The third-order valence-electron chi connectivity index (χ3n) is 11.0. The molecule has 0 aromatic heterocycles. The number of halogens is 3. The minimum atomic E-state index is -1.10. The molecule has 0 radical (unpaired) electrons.